The normalized spacial score (nSPS) is 26.5. The molecule has 4 atom stereocenters. The summed E-state index contributed by atoms with van der Waals surface area (Å²) in [4.78, 5) is 26.9. The Labute approximate surface area is 204 Å². The molecule has 8 heteroatoms. The van der Waals surface area contributed by atoms with Crippen molar-refractivity contribution in [1.82, 2.24) is 0 Å². The summed E-state index contributed by atoms with van der Waals surface area (Å²) in [5, 5.41) is 30.0. The molecule has 1 aliphatic heterocycles. The maximum atomic E-state index is 13.6. The minimum Gasteiger partial charge on any atom is -0.459 e. The largest absolute Gasteiger partial charge is 0.459 e. The standard InChI is InChI=1S/C27H29BO7/c1-15(10-17-7-8-18(14-30)34-17)6-9-23-24-16(13-29)11-21-25(22(24)12-28(33)35-23)27(32)20-5-3-2-4-19(20)26(21)31/h2-5,7-8,10,21-23,25,29-30,33H,6,9,11-14H2,1H3/b15-10+/t21-,22+,23-,25-/m1/s1. The highest BCUT2D eigenvalue weighted by Gasteiger charge is 2.53. The number of ketones is 2. The molecular weight excluding hydrogens is 447 g/mol. The second kappa shape index (κ2) is 9.70. The number of aliphatic hydroxyl groups excluding tert-OH is 2. The van der Waals surface area contributed by atoms with Crippen LogP contribution in [0.25, 0.3) is 6.08 Å². The summed E-state index contributed by atoms with van der Waals surface area (Å²) in [5.74, 6) is -0.418. The van der Waals surface area contributed by atoms with Crippen molar-refractivity contribution in [3.05, 3.63) is 75.8 Å². The van der Waals surface area contributed by atoms with Crippen molar-refractivity contribution in [2.75, 3.05) is 6.61 Å². The van der Waals surface area contributed by atoms with E-state index in [-0.39, 0.29) is 37.0 Å². The lowest BCUT2D eigenvalue weighted by atomic mass is 9.54. The van der Waals surface area contributed by atoms with Crippen LogP contribution >= 0.6 is 0 Å². The Morgan fingerprint density at radius 3 is 2.49 bits per heavy atom. The average molecular weight is 476 g/mol. The molecule has 1 fully saturated rings. The molecular formula is C27H29BO7. The van der Waals surface area contributed by atoms with E-state index in [1.54, 1.807) is 36.4 Å². The van der Waals surface area contributed by atoms with Crippen LogP contribution in [0.3, 0.4) is 0 Å². The van der Waals surface area contributed by atoms with Gasteiger partial charge < -0.3 is 24.3 Å². The molecule has 0 radical (unpaired) electrons. The minimum atomic E-state index is -1.05. The second-order valence-electron chi connectivity index (χ2n) is 9.74. The van der Waals surface area contributed by atoms with Crippen LogP contribution in [-0.2, 0) is 11.3 Å². The van der Waals surface area contributed by atoms with Crippen molar-refractivity contribution < 1.29 is 33.9 Å². The second-order valence-corrected chi connectivity index (χ2v) is 9.74. The van der Waals surface area contributed by atoms with E-state index < -0.39 is 25.1 Å². The molecule has 2 heterocycles. The van der Waals surface area contributed by atoms with E-state index >= 15 is 0 Å². The molecule has 1 saturated heterocycles. The summed E-state index contributed by atoms with van der Waals surface area (Å²) in [6.07, 6.45) is 3.19. The van der Waals surface area contributed by atoms with Gasteiger partial charge in [-0.3, -0.25) is 9.59 Å². The van der Waals surface area contributed by atoms with Crippen LogP contribution in [-0.4, -0.2) is 46.6 Å². The fraction of sp³-hybridized carbons (Fsp3) is 0.407. The summed E-state index contributed by atoms with van der Waals surface area (Å²) < 4.78 is 11.5. The van der Waals surface area contributed by atoms with Gasteiger partial charge in [-0.15, -0.1) is 0 Å². The first kappa shape index (κ1) is 23.9. The van der Waals surface area contributed by atoms with E-state index in [0.717, 1.165) is 16.7 Å². The van der Waals surface area contributed by atoms with E-state index in [1.807, 2.05) is 13.0 Å². The lowest BCUT2D eigenvalue weighted by Gasteiger charge is -2.47. The topological polar surface area (TPSA) is 117 Å². The summed E-state index contributed by atoms with van der Waals surface area (Å²) in [5.41, 5.74) is 3.54. The zero-order valence-electron chi connectivity index (χ0n) is 19.6. The van der Waals surface area contributed by atoms with E-state index in [4.69, 9.17) is 9.07 Å². The summed E-state index contributed by atoms with van der Waals surface area (Å²) in [7, 11) is -1.05. The number of furan rings is 1. The van der Waals surface area contributed by atoms with Crippen molar-refractivity contribution in [2.24, 2.45) is 17.8 Å². The highest BCUT2D eigenvalue weighted by atomic mass is 16.5. The van der Waals surface area contributed by atoms with Crippen LogP contribution in [0.1, 0.15) is 58.4 Å². The lowest BCUT2D eigenvalue weighted by molar-refractivity contribution is 0.0590. The van der Waals surface area contributed by atoms with Crippen LogP contribution in [0.4, 0.5) is 0 Å². The van der Waals surface area contributed by atoms with Crippen molar-refractivity contribution in [3.8, 4) is 0 Å². The van der Waals surface area contributed by atoms with E-state index in [2.05, 4.69) is 0 Å². The molecule has 0 bridgehead atoms. The molecule has 5 rings (SSSR count). The van der Waals surface area contributed by atoms with Gasteiger partial charge in [0.05, 0.1) is 12.7 Å². The maximum Gasteiger partial charge on any atom is 0.455 e. The van der Waals surface area contributed by atoms with Gasteiger partial charge in [0.2, 0.25) is 0 Å². The molecule has 35 heavy (non-hydrogen) atoms. The predicted octanol–water partition coefficient (Wildman–Crippen LogP) is 3.46. The Balaban J connectivity index is 1.43. The van der Waals surface area contributed by atoms with E-state index in [9.17, 15) is 24.8 Å². The number of hydrogen-bond acceptors (Lipinski definition) is 7. The molecule has 3 N–H and O–H groups in total. The van der Waals surface area contributed by atoms with Crippen LogP contribution in [0, 0.1) is 17.8 Å². The van der Waals surface area contributed by atoms with Crippen LogP contribution in [0.15, 0.2) is 57.5 Å². The van der Waals surface area contributed by atoms with Crippen LogP contribution in [0.2, 0.25) is 6.32 Å². The van der Waals surface area contributed by atoms with Gasteiger partial charge in [-0.25, -0.2) is 0 Å². The Bertz CT molecular complexity index is 1210. The molecule has 0 amide bonds. The van der Waals surface area contributed by atoms with E-state index in [1.165, 1.54) is 0 Å². The zero-order valence-corrected chi connectivity index (χ0v) is 19.6. The minimum absolute atomic E-state index is 0.0628. The average Bonchev–Trinajstić information content (AvgIpc) is 3.32. The summed E-state index contributed by atoms with van der Waals surface area (Å²) in [6.45, 7) is 1.60. The molecule has 7 nitrogen and oxygen atoms in total. The SMILES string of the molecule is C/C(=C\c1ccc(CO)o1)CC[C@H]1OB(O)C[C@H]2C1=C(CO)C[C@H]1C(=O)c3ccccc3C(=O)[C@H]12. The summed E-state index contributed by atoms with van der Waals surface area (Å²) in [6, 6.07) is 10.4. The zero-order chi connectivity index (χ0) is 24.7. The highest BCUT2D eigenvalue weighted by molar-refractivity contribution is 6.43. The lowest BCUT2D eigenvalue weighted by Crippen LogP contribution is -2.51. The fourth-order valence-electron chi connectivity index (χ4n) is 6.05. The Kier molecular flexibility index (Phi) is 6.64. The maximum absolute atomic E-state index is 13.6. The third kappa shape index (κ3) is 4.36. The summed E-state index contributed by atoms with van der Waals surface area (Å²) >= 11 is 0. The van der Waals surface area contributed by atoms with Crippen LogP contribution in [0.5, 0.6) is 0 Å². The number of benzene rings is 1. The number of aliphatic hydroxyl groups is 2. The Hall–Kier alpha value is -2.78. The molecule has 2 aromatic rings. The Morgan fingerprint density at radius 2 is 1.80 bits per heavy atom. The molecule has 3 aliphatic rings. The number of fused-ring (bicyclic) bond motifs is 4. The third-order valence-electron chi connectivity index (χ3n) is 7.58. The molecule has 1 aromatic heterocycles. The number of carbonyl (C=O) groups is 2. The molecule has 182 valence electrons. The molecule has 2 aliphatic carbocycles. The number of allylic oxidation sites excluding steroid dienone is 1. The van der Waals surface area contributed by atoms with Crippen molar-refractivity contribution in [1.29, 1.82) is 0 Å². The van der Waals surface area contributed by atoms with Gasteiger partial charge in [0.15, 0.2) is 11.6 Å². The monoisotopic (exact) mass is 476 g/mol. The van der Waals surface area contributed by atoms with Gasteiger partial charge in [-0.05, 0) is 67.8 Å². The smallest absolute Gasteiger partial charge is 0.455 e. The van der Waals surface area contributed by atoms with Crippen molar-refractivity contribution in [3.63, 3.8) is 0 Å². The molecule has 0 unspecified atom stereocenters. The van der Waals surface area contributed by atoms with E-state index in [0.29, 0.717) is 41.9 Å². The number of hydrogen-bond donors (Lipinski definition) is 3. The van der Waals surface area contributed by atoms with Crippen molar-refractivity contribution in [2.45, 2.75) is 45.2 Å². The van der Waals surface area contributed by atoms with Crippen LogP contribution < -0.4 is 0 Å². The van der Waals surface area contributed by atoms with Gasteiger partial charge in [0, 0.05) is 23.0 Å². The van der Waals surface area contributed by atoms with Crippen molar-refractivity contribution >= 4 is 24.8 Å². The van der Waals surface area contributed by atoms with Gasteiger partial charge in [0.1, 0.15) is 18.1 Å². The number of Topliss-reactive ketones (excluding diaryl/α,β-unsaturated/α-hetero) is 2. The first-order valence-corrected chi connectivity index (χ1v) is 12.1. The first-order valence-electron chi connectivity index (χ1n) is 12.1. The molecule has 0 saturated carbocycles. The number of rotatable bonds is 6. The molecule has 1 aromatic carbocycles. The first-order chi connectivity index (χ1) is 16.9. The third-order valence-corrected chi connectivity index (χ3v) is 7.58. The Morgan fingerprint density at radius 1 is 1.06 bits per heavy atom. The highest BCUT2D eigenvalue weighted by Crippen LogP contribution is 2.50. The van der Waals surface area contributed by atoms with Gasteiger partial charge in [-0.2, -0.15) is 0 Å². The fourth-order valence-corrected chi connectivity index (χ4v) is 6.05. The van der Waals surface area contributed by atoms with Gasteiger partial charge in [0.25, 0.3) is 0 Å². The van der Waals surface area contributed by atoms with Gasteiger partial charge >= 0.3 is 7.12 Å². The van der Waals surface area contributed by atoms with Gasteiger partial charge in [-0.1, -0.05) is 29.8 Å². The number of carbonyl (C=O) groups excluding carboxylic acids is 2. The predicted molar refractivity (Wildman–Crippen MR) is 129 cm³/mol. The quantitative estimate of drug-likeness (QED) is 0.432. The molecule has 0 spiro atoms.